The molecule has 1 amide bonds. The van der Waals surface area contributed by atoms with E-state index < -0.39 is 21.8 Å². The van der Waals surface area contributed by atoms with Gasteiger partial charge in [0.25, 0.3) is 0 Å². The first-order valence-electron chi connectivity index (χ1n) is 10.5. The van der Waals surface area contributed by atoms with E-state index in [-0.39, 0.29) is 18.4 Å². The van der Waals surface area contributed by atoms with Crippen LogP contribution in [0.1, 0.15) is 23.1 Å². The second kappa shape index (κ2) is 8.83. The lowest BCUT2D eigenvalue weighted by atomic mass is 9.96. The highest BCUT2D eigenvalue weighted by atomic mass is 32.2. The number of nitrogens with one attached hydrogen (secondary N) is 1. The predicted molar refractivity (Wildman–Crippen MR) is 119 cm³/mol. The Kier molecular flexibility index (Phi) is 6.24. The number of hydrogen-bond donors (Lipinski definition) is 1. The molecule has 0 radical (unpaired) electrons. The number of fused-ring (bicyclic) bond motifs is 1. The minimum atomic E-state index is -4.38. The Bertz CT molecular complexity index is 1160. The third kappa shape index (κ3) is 4.91. The largest absolute Gasteiger partial charge is 0.416 e. The summed E-state index contributed by atoms with van der Waals surface area (Å²) in [5.41, 5.74) is 2.61. The summed E-state index contributed by atoms with van der Waals surface area (Å²) in [7, 11) is -3.53. The molecule has 1 atom stereocenters. The Morgan fingerprint density at radius 3 is 2.52 bits per heavy atom. The second-order valence-corrected chi connectivity index (χ2v) is 10.1. The van der Waals surface area contributed by atoms with Crippen molar-refractivity contribution in [3.05, 3.63) is 71.1 Å². The Hall–Kier alpha value is -2.85. The third-order valence-corrected chi connectivity index (χ3v) is 7.61. The van der Waals surface area contributed by atoms with E-state index in [2.05, 4.69) is 11.9 Å². The smallest absolute Gasteiger partial charge is 0.355 e. The maximum Gasteiger partial charge on any atom is 0.416 e. The van der Waals surface area contributed by atoms with E-state index in [0.29, 0.717) is 38.2 Å². The van der Waals surface area contributed by atoms with Gasteiger partial charge in [-0.25, -0.2) is 8.42 Å². The van der Waals surface area contributed by atoms with Gasteiger partial charge in [-0.15, -0.1) is 0 Å². The van der Waals surface area contributed by atoms with Crippen molar-refractivity contribution < 1.29 is 26.4 Å². The van der Waals surface area contributed by atoms with Crippen molar-refractivity contribution in [3.8, 4) is 0 Å². The van der Waals surface area contributed by atoms with Gasteiger partial charge in [-0.05, 0) is 54.3 Å². The molecule has 4 rings (SSSR count). The summed E-state index contributed by atoms with van der Waals surface area (Å²) in [5.74, 6) is -0.446. The van der Waals surface area contributed by atoms with Gasteiger partial charge in [0, 0.05) is 43.0 Å². The van der Waals surface area contributed by atoms with Crippen molar-refractivity contribution >= 4 is 27.3 Å². The molecule has 0 saturated carbocycles. The topological polar surface area (TPSA) is 69.7 Å². The van der Waals surface area contributed by atoms with E-state index in [1.54, 1.807) is 4.90 Å². The standard InChI is InChI=1S/C23H24F3N3O3S/c1-2-33(31,32)29-13-10-17(15-29)22(30)28-12-11-20-16(14-28)4-3-5-21(20)27-19-8-6-18(7-9-19)23(24,25)26/h2-9,17,27H,1,10-15H2. The Morgan fingerprint density at radius 1 is 1.12 bits per heavy atom. The number of anilines is 2. The number of halogens is 3. The molecule has 176 valence electrons. The summed E-state index contributed by atoms with van der Waals surface area (Å²) in [6.07, 6.45) is -3.32. The van der Waals surface area contributed by atoms with Crippen LogP contribution in [0.5, 0.6) is 0 Å². The molecule has 2 aliphatic heterocycles. The average molecular weight is 480 g/mol. The first-order valence-corrected chi connectivity index (χ1v) is 12.1. The molecule has 33 heavy (non-hydrogen) atoms. The number of hydrogen-bond acceptors (Lipinski definition) is 4. The predicted octanol–water partition coefficient (Wildman–Crippen LogP) is 4.13. The van der Waals surface area contributed by atoms with E-state index in [1.807, 2.05) is 18.2 Å². The number of sulfonamides is 1. The van der Waals surface area contributed by atoms with Crippen LogP contribution in [0, 0.1) is 5.92 Å². The van der Waals surface area contributed by atoms with Crippen LogP contribution in [0.4, 0.5) is 24.5 Å². The maximum absolute atomic E-state index is 13.0. The number of benzene rings is 2. The lowest BCUT2D eigenvalue weighted by molar-refractivity contribution is -0.137. The first kappa shape index (κ1) is 23.3. The zero-order chi connectivity index (χ0) is 23.8. The number of carbonyl (C=O) groups excluding carboxylic acids is 1. The van der Waals surface area contributed by atoms with Crippen molar-refractivity contribution in [1.82, 2.24) is 9.21 Å². The lowest BCUT2D eigenvalue weighted by Crippen LogP contribution is -2.41. The van der Waals surface area contributed by atoms with E-state index in [1.165, 1.54) is 16.4 Å². The maximum atomic E-state index is 13.0. The quantitative estimate of drug-likeness (QED) is 0.700. The Labute approximate surface area is 190 Å². The van der Waals surface area contributed by atoms with Crippen LogP contribution < -0.4 is 5.32 Å². The number of nitrogens with zero attached hydrogens (tertiary/aromatic N) is 2. The summed E-state index contributed by atoms with van der Waals surface area (Å²) < 4.78 is 63.6. The van der Waals surface area contributed by atoms with E-state index in [4.69, 9.17) is 0 Å². The molecule has 2 aromatic rings. The van der Waals surface area contributed by atoms with Crippen molar-refractivity contribution in [1.29, 1.82) is 0 Å². The summed E-state index contributed by atoms with van der Waals surface area (Å²) in [6, 6.07) is 10.5. The van der Waals surface area contributed by atoms with E-state index in [0.717, 1.165) is 34.4 Å². The second-order valence-electron chi connectivity index (χ2n) is 8.21. The molecular weight excluding hydrogens is 455 g/mol. The number of amides is 1. The van der Waals surface area contributed by atoms with Crippen molar-refractivity contribution in [2.24, 2.45) is 5.92 Å². The van der Waals surface area contributed by atoms with E-state index >= 15 is 0 Å². The molecule has 0 bridgehead atoms. The summed E-state index contributed by atoms with van der Waals surface area (Å²) in [4.78, 5) is 14.8. The minimum absolute atomic E-state index is 0.0662. The highest BCUT2D eigenvalue weighted by Crippen LogP contribution is 2.33. The van der Waals surface area contributed by atoms with E-state index in [9.17, 15) is 26.4 Å². The molecular formula is C23H24F3N3O3S. The minimum Gasteiger partial charge on any atom is -0.355 e. The van der Waals surface area contributed by atoms with Gasteiger partial charge in [-0.1, -0.05) is 18.7 Å². The molecule has 6 nitrogen and oxygen atoms in total. The monoisotopic (exact) mass is 479 g/mol. The lowest BCUT2D eigenvalue weighted by Gasteiger charge is -2.32. The normalized spacial score (nSPS) is 19.2. The van der Waals surface area contributed by atoms with Crippen LogP contribution in [0.15, 0.2) is 54.5 Å². The number of alkyl halides is 3. The highest BCUT2D eigenvalue weighted by molar-refractivity contribution is 7.92. The molecule has 2 heterocycles. The summed E-state index contributed by atoms with van der Waals surface area (Å²) in [5, 5.41) is 4.09. The average Bonchev–Trinajstić information content (AvgIpc) is 3.29. The molecule has 1 N–H and O–H groups in total. The van der Waals surface area contributed by atoms with Crippen LogP contribution in [-0.2, 0) is 34.0 Å². The van der Waals surface area contributed by atoms with Gasteiger partial charge in [0.2, 0.25) is 15.9 Å². The van der Waals surface area contributed by atoms with Crippen LogP contribution in [0.3, 0.4) is 0 Å². The van der Waals surface area contributed by atoms with Gasteiger partial charge in [-0.3, -0.25) is 4.79 Å². The molecule has 0 aromatic heterocycles. The molecule has 1 saturated heterocycles. The van der Waals surface area contributed by atoms with Crippen molar-refractivity contribution in [2.75, 3.05) is 25.0 Å². The van der Waals surface area contributed by atoms with Gasteiger partial charge in [0.1, 0.15) is 0 Å². The number of rotatable bonds is 5. The van der Waals surface area contributed by atoms with Crippen molar-refractivity contribution in [3.63, 3.8) is 0 Å². The van der Waals surface area contributed by atoms with Crippen LogP contribution >= 0.6 is 0 Å². The highest BCUT2D eigenvalue weighted by Gasteiger charge is 2.36. The molecule has 0 spiro atoms. The molecule has 1 unspecified atom stereocenters. The fourth-order valence-electron chi connectivity index (χ4n) is 4.34. The Morgan fingerprint density at radius 2 is 1.85 bits per heavy atom. The SMILES string of the molecule is C=CS(=O)(=O)N1CCC(C(=O)N2CCc3c(cccc3Nc3ccc(C(F)(F)F)cc3)C2)C1. The fraction of sp³-hybridized carbons (Fsp3) is 0.348. The third-order valence-electron chi connectivity index (χ3n) is 6.14. The van der Waals surface area contributed by atoms with Gasteiger partial charge < -0.3 is 10.2 Å². The van der Waals surface area contributed by atoms with Gasteiger partial charge in [0.15, 0.2) is 0 Å². The van der Waals surface area contributed by atoms with Crippen molar-refractivity contribution in [2.45, 2.75) is 25.6 Å². The zero-order valence-corrected chi connectivity index (χ0v) is 18.6. The van der Waals surface area contributed by atoms with Crippen LogP contribution in [-0.4, -0.2) is 43.2 Å². The molecule has 2 aliphatic rings. The number of carbonyl (C=O) groups is 1. The fourth-order valence-corrected chi connectivity index (χ4v) is 5.30. The van der Waals surface area contributed by atoms with Gasteiger partial charge in [-0.2, -0.15) is 17.5 Å². The van der Waals surface area contributed by atoms with Gasteiger partial charge >= 0.3 is 6.18 Å². The summed E-state index contributed by atoms with van der Waals surface area (Å²) >= 11 is 0. The van der Waals surface area contributed by atoms with Gasteiger partial charge in [0.05, 0.1) is 11.5 Å². The molecule has 0 aliphatic carbocycles. The Balaban J connectivity index is 1.45. The molecule has 2 aromatic carbocycles. The molecule has 10 heteroatoms. The first-order chi connectivity index (χ1) is 15.6. The molecule has 1 fully saturated rings. The summed E-state index contributed by atoms with van der Waals surface area (Å²) in [6.45, 7) is 4.69. The zero-order valence-electron chi connectivity index (χ0n) is 17.8. The van der Waals surface area contributed by atoms with Crippen LogP contribution in [0.2, 0.25) is 0 Å². The van der Waals surface area contributed by atoms with Crippen LogP contribution in [0.25, 0.3) is 0 Å².